The molecule has 1 aromatic carbocycles. The van der Waals surface area contributed by atoms with Crippen molar-refractivity contribution in [1.29, 1.82) is 0 Å². The summed E-state index contributed by atoms with van der Waals surface area (Å²) in [6, 6.07) is 7.29. The topological polar surface area (TPSA) is 66.4 Å². The Kier molecular flexibility index (Phi) is 4.76. The molecular weight excluding hydrogens is 250 g/mol. The van der Waals surface area contributed by atoms with Crippen LogP contribution >= 0.6 is 0 Å². The van der Waals surface area contributed by atoms with Crippen molar-refractivity contribution in [1.82, 2.24) is 0 Å². The second-order valence-corrected chi connectivity index (χ2v) is 6.95. The second-order valence-electron chi connectivity index (χ2n) is 4.94. The van der Waals surface area contributed by atoms with E-state index in [4.69, 9.17) is 5.11 Å². The highest BCUT2D eigenvalue weighted by Crippen LogP contribution is 2.27. The van der Waals surface area contributed by atoms with Crippen LogP contribution in [0.2, 0.25) is 0 Å². The minimum Gasteiger partial charge on any atom is -0.396 e. The van der Waals surface area contributed by atoms with Gasteiger partial charge in [-0.3, -0.25) is 4.72 Å². The van der Waals surface area contributed by atoms with Gasteiger partial charge in [0.1, 0.15) is 0 Å². The summed E-state index contributed by atoms with van der Waals surface area (Å²) in [5.74, 6) is 0.0603. The third-order valence-corrected chi connectivity index (χ3v) is 4.36. The van der Waals surface area contributed by atoms with E-state index in [0.717, 1.165) is 5.56 Å². The van der Waals surface area contributed by atoms with Crippen LogP contribution < -0.4 is 4.72 Å². The van der Waals surface area contributed by atoms with Gasteiger partial charge in [-0.2, -0.15) is 0 Å². The molecular formula is C13H21NO3S. The molecule has 4 nitrogen and oxygen atoms in total. The molecule has 0 bridgehead atoms. The van der Waals surface area contributed by atoms with Gasteiger partial charge in [0.05, 0.1) is 5.75 Å². The van der Waals surface area contributed by atoms with Crippen molar-refractivity contribution in [2.45, 2.75) is 32.6 Å². The summed E-state index contributed by atoms with van der Waals surface area (Å²) in [4.78, 5) is 0. The van der Waals surface area contributed by atoms with Crippen LogP contribution in [0.3, 0.4) is 0 Å². The summed E-state index contributed by atoms with van der Waals surface area (Å²) >= 11 is 0. The van der Waals surface area contributed by atoms with E-state index >= 15 is 0 Å². The van der Waals surface area contributed by atoms with Gasteiger partial charge in [-0.05, 0) is 36.5 Å². The Balaban J connectivity index is 2.87. The Morgan fingerprint density at radius 3 is 2.22 bits per heavy atom. The van der Waals surface area contributed by atoms with Crippen molar-refractivity contribution in [3.63, 3.8) is 0 Å². The molecule has 0 spiro atoms. The molecule has 2 N–H and O–H groups in total. The number of hydrogen-bond donors (Lipinski definition) is 2. The lowest BCUT2D eigenvalue weighted by Crippen LogP contribution is -2.19. The molecule has 0 aromatic heterocycles. The van der Waals surface area contributed by atoms with Crippen molar-refractivity contribution in [2.24, 2.45) is 0 Å². The minimum atomic E-state index is -3.22. The van der Waals surface area contributed by atoms with Gasteiger partial charge in [0.15, 0.2) is 0 Å². The lowest BCUT2D eigenvalue weighted by atomic mass is 9.82. The fourth-order valence-electron chi connectivity index (χ4n) is 1.67. The van der Waals surface area contributed by atoms with Gasteiger partial charge in [0.25, 0.3) is 0 Å². The number of nitrogens with one attached hydrogen (secondary N) is 1. The number of aliphatic hydroxyl groups excluding tert-OH is 1. The van der Waals surface area contributed by atoms with Crippen LogP contribution in [0.25, 0.3) is 0 Å². The Labute approximate surface area is 109 Å². The Morgan fingerprint density at radius 2 is 1.78 bits per heavy atom. The zero-order valence-corrected chi connectivity index (χ0v) is 11.9. The van der Waals surface area contributed by atoms with Crippen LogP contribution in [0.15, 0.2) is 24.3 Å². The molecule has 0 aliphatic carbocycles. The molecule has 0 aliphatic heterocycles. The van der Waals surface area contributed by atoms with Crippen molar-refractivity contribution >= 4 is 15.7 Å². The summed E-state index contributed by atoms with van der Waals surface area (Å²) in [5.41, 5.74) is 1.54. The third-order valence-electron chi connectivity index (χ3n) is 3.06. The van der Waals surface area contributed by atoms with Gasteiger partial charge < -0.3 is 5.11 Å². The van der Waals surface area contributed by atoms with Crippen LogP contribution in [0, 0.1) is 0 Å². The first-order valence-electron chi connectivity index (χ1n) is 6.02. The first kappa shape index (κ1) is 15.0. The Morgan fingerprint density at radius 1 is 1.22 bits per heavy atom. The summed E-state index contributed by atoms with van der Waals surface area (Å²) in [5, 5.41) is 9.01. The van der Waals surface area contributed by atoms with E-state index in [1.54, 1.807) is 19.1 Å². The highest BCUT2D eigenvalue weighted by atomic mass is 32.2. The molecule has 0 saturated carbocycles. The molecule has 18 heavy (non-hydrogen) atoms. The molecule has 0 atom stereocenters. The van der Waals surface area contributed by atoms with Gasteiger partial charge in [-0.15, -0.1) is 0 Å². The fraction of sp³-hybridized carbons (Fsp3) is 0.538. The largest absolute Gasteiger partial charge is 0.396 e. The van der Waals surface area contributed by atoms with Crippen molar-refractivity contribution in [2.75, 3.05) is 17.1 Å². The van der Waals surface area contributed by atoms with Crippen molar-refractivity contribution in [3.05, 3.63) is 29.8 Å². The van der Waals surface area contributed by atoms with Crippen LogP contribution in [-0.2, 0) is 15.4 Å². The maximum Gasteiger partial charge on any atom is 0.232 e. The quantitative estimate of drug-likeness (QED) is 0.832. The monoisotopic (exact) mass is 271 g/mol. The zero-order valence-electron chi connectivity index (χ0n) is 11.1. The normalized spacial score (nSPS) is 12.4. The average Bonchev–Trinajstić information content (AvgIpc) is 2.29. The molecule has 0 fully saturated rings. The maximum absolute atomic E-state index is 11.4. The summed E-state index contributed by atoms with van der Waals surface area (Å²) in [7, 11) is -3.22. The lowest BCUT2D eigenvalue weighted by molar-refractivity contribution is 0.252. The van der Waals surface area contributed by atoms with Gasteiger partial charge in [-0.1, -0.05) is 26.0 Å². The van der Waals surface area contributed by atoms with E-state index in [1.807, 2.05) is 12.1 Å². The Hall–Kier alpha value is -1.07. The number of hydrogen-bond acceptors (Lipinski definition) is 3. The molecule has 0 aliphatic rings. The highest BCUT2D eigenvalue weighted by Gasteiger charge is 2.19. The summed E-state index contributed by atoms with van der Waals surface area (Å²) in [6.07, 6.45) is 0.674. The number of aliphatic hydroxyl groups is 1. The number of rotatable bonds is 6. The molecule has 0 unspecified atom stereocenters. The molecule has 1 aromatic rings. The van der Waals surface area contributed by atoms with Crippen molar-refractivity contribution in [3.8, 4) is 0 Å². The molecule has 5 heteroatoms. The number of sulfonamides is 1. The predicted octanol–water partition coefficient (Wildman–Crippen LogP) is 2.11. The van der Waals surface area contributed by atoms with Crippen LogP contribution in [-0.4, -0.2) is 25.9 Å². The minimum absolute atomic E-state index is 0.0603. The van der Waals surface area contributed by atoms with Crippen LogP contribution in [0.1, 0.15) is 32.8 Å². The molecule has 0 radical (unpaired) electrons. The summed E-state index contributed by atoms with van der Waals surface area (Å²) < 4.78 is 25.3. The molecule has 0 saturated heterocycles. The Bertz CT molecular complexity index is 477. The van der Waals surface area contributed by atoms with E-state index in [0.29, 0.717) is 12.1 Å². The van der Waals surface area contributed by atoms with Gasteiger partial charge in [0, 0.05) is 12.3 Å². The molecule has 1 rings (SSSR count). The standard InChI is InChI=1S/C13H21NO3S/c1-4-18(16,17)14-12-7-5-11(6-8-12)13(2,3)9-10-15/h5-8,14-15H,4,9-10H2,1-3H3. The van der Waals surface area contributed by atoms with E-state index in [2.05, 4.69) is 18.6 Å². The van der Waals surface area contributed by atoms with Crippen molar-refractivity contribution < 1.29 is 13.5 Å². The van der Waals surface area contributed by atoms with Gasteiger partial charge >= 0.3 is 0 Å². The zero-order chi connectivity index (χ0) is 13.8. The van der Waals surface area contributed by atoms with Gasteiger partial charge in [0.2, 0.25) is 10.0 Å². The smallest absolute Gasteiger partial charge is 0.232 e. The summed E-state index contributed by atoms with van der Waals surface area (Å²) in [6.45, 7) is 5.83. The average molecular weight is 271 g/mol. The first-order valence-corrected chi connectivity index (χ1v) is 7.68. The van der Waals surface area contributed by atoms with Crippen LogP contribution in [0.5, 0.6) is 0 Å². The van der Waals surface area contributed by atoms with E-state index in [9.17, 15) is 8.42 Å². The first-order chi connectivity index (χ1) is 8.30. The van der Waals surface area contributed by atoms with Crippen LogP contribution in [0.4, 0.5) is 5.69 Å². The lowest BCUT2D eigenvalue weighted by Gasteiger charge is -2.24. The molecule has 102 valence electrons. The number of anilines is 1. The number of benzene rings is 1. The van der Waals surface area contributed by atoms with E-state index in [1.165, 1.54) is 0 Å². The highest BCUT2D eigenvalue weighted by molar-refractivity contribution is 7.92. The molecule has 0 heterocycles. The molecule has 0 amide bonds. The predicted molar refractivity (Wildman–Crippen MR) is 74.3 cm³/mol. The third kappa shape index (κ3) is 3.99. The maximum atomic E-state index is 11.4. The second kappa shape index (κ2) is 5.71. The SMILES string of the molecule is CCS(=O)(=O)Nc1ccc(C(C)(C)CCO)cc1. The van der Waals surface area contributed by atoms with E-state index in [-0.39, 0.29) is 17.8 Å². The van der Waals surface area contributed by atoms with E-state index < -0.39 is 10.0 Å². The van der Waals surface area contributed by atoms with Gasteiger partial charge in [-0.25, -0.2) is 8.42 Å². The fourth-order valence-corrected chi connectivity index (χ4v) is 2.30.